The normalized spacial score (nSPS) is 11.2. The number of benzene rings is 1. The minimum atomic E-state index is 0. The lowest BCUT2D eigenvalue weighted by atomic mass is 10.1. The Labute approximate surface area is 198 Å². The van der Waals surface area contributed by atoms with E-state index in [1.165, 1.54) is 5.56 Å². The Morgan fingerprint density at radius 3 is 2.52 bits per heavy atom. The first-order chi connectivity index (χ1) is 13.6. The Morgan fingerprint density at radius 2 is 1.86 bits per heavy atom. The summed E-state index contributed by atoms with van der Waals surface area (Å²) < 4.78 is 4.00. The van der Waals surface area contributed by atoms with Crippen LogP contribution < -0.4 is 10.6 Å². The first-order valence-electron chi connectivity index (χ1n) is 9.06. The molecule has 0 saturated heterocycles. The molecule has 0 aliphatic rings. The van der Waals surface area contributed by atoms with Crippen LogP contribution in [-0.2, 0) is 33.1 Å². The Bertz CT molecular complexity index is 936. The Morgan fingerprint density at radius 1 is 1.14 bits per heavy atom. The van der Waals surface area contributed by atoms with Gasteiger partial charge in [-0.2, -0.15) is 0 Å². The average molecular weight is 547 g/mol. The number of nitrogens with zero attached hydrogens (tertiary/aromatic N) is 4. The zero-order chi connectivity index (χ0) is 19.9. The standard InChI is InChI=1S/C20H24Cl2N6.HI/c1-23-20(25-13-16-12-17(21)19(22)27(16)2)26-14-18-24-9-11-28(18)10-8-15-6-4-3-5-7-15;/h3-7,9,11-12H,8,10,13-14H2,1-2H3,(H2,23,25,26);1H. The maximum Gasteiger partial charge on any atom is 0.191 e. The maximum absolute atomic E-state index is 6.11. The third kappa shape index (κ3) is 6.38. The quantitative estimate of drug-likeness (QED) is 0.264. The molecule has 0 aliphatic heterocycles. The van der Waals surface area contributed by atoms with Crippen LogP contribution >= 0.6 is 47.2 Å². The topological polar surface area (TPSA) is 59.2 Å². The number of aryl methyl sites for hydroxylation is 2. The van der Waals surface area contributed by atoms with Crippen LogP contribution in [0.1, 0.15) is 17.1 Å². The molecule has 0 amide bonds. The smallest absolute Gasteiger partial charge is 0.191 e. The van der Waals surface area contributed by atoms with E-state index in [1.807, 2.05) is 36.1 Å². The fourth-order valence-corrected chi connectivity index (χ4v) is 3.34. The summed E-state index contributed by atoms with van der Waals surface area (Å²) >= 11 is 12.2. The molecule has 0 unspecified atom stereocenters. The Balaban J connectivity index is 0.00000300. The van der Waals surface area contributed by atoms with E-state index < -0.39 is 0 Å². The molecule has 29 heavy (non-hydrogen) atoms. The van der Waals surface area contributed by atoms with Gasteiger partial charge in [-0.1, -0.05) is 53.5 Å². The van der Waals surface area contributed by atoms with Crippen LogP contribution in [-0.4, -0.2) is 27.1 Å². The zero-order valence-corrected chi connectivity index (χ0v) is 20.2. The van der Waals surface area contributed by atoms with Crippen molar-refractivity contribution in [3.05, 3.63) is 76.0 Å². The van der Waals surface area contributed by atoms with Crippen LogP contribution in [0.5, 0.6) is 0 Å². The summed E-state index contributed by atoms with van der Waals surface area (Å²) in [7, 11) is 3.62. The summed E-state index contributed by atoms with van der Waals surface area (Å²) in [4.78, 5) is 8.73. The van der Waals surface area contributed by atoms with Gasteiger partial charge >= 0.3 is 0 Å². The first-order valence-corrected chi connectivity index (χ1v) is 9.82. The second-order valence-electron chi connectivity index (χ2n) is 6.39. The van der Waals surface area contributed by atoms with Gasteiger partial charge in [-0.05, 0) is 18.1 Å². The predicted molar refractivity (Wildman–Crippen MR) is 130 cm³/mol. The summed E-state index contributed by atoms with van der Waals surface area (Å²) in [5.41, 5.74) is 2.29. The summed E-state index contributed by atoms with van der Waals surface area (Å²) in [5, 5.41) is 7.65. The van der Waals surface area contributed by atoms with E-state index in [0.717, 1.165) is 24.5 Å². The highest BCUT2D eigenvalue weighted by atomic mass is 127. The van der Waals surface area contributed by atoms with E-state index in [2.05, 4.69) is 49.4 Å². The van der Waals surface area contributed by atoms with Gasteiger partial charge in [0.25, 0.3) is 0 Å². The Kier molecular flexibility index (Phi) is 9.32. The molecule has 2 aromatic heterocycles. The molecule has 0 aliphatic carbocycles. The number of halogens is 3. The van der Waals surface area contributed by atoms with Crippen LogP contribution in [0.2, 0.25) is 10.2 Å². The average Bonchev–Trinajstić information content (AvgIpc) is 3.27. The van der Waals surface area contributed by atoms with Gasteiger partial charge in [-0.25, -0.2) is 4.98 Å². The number of aromatic nitrogens is 3. The lowest BCUT2D eigenvalue weighted by Crippen LogP contribution is -2.37. The predicted octanol–water partition coefficient (Wildman–Crippen LogP) is 4.25. The van der Waals surface area contributed by atoms with Crippen LogP contribution in [0.25, 0.3) is 0 Å². The second-order valence-corrected chi connectivity index (χ2v) is 7.15. The molecule has 9 heteroatoms. The number of hydrogen-bond donors (Lipinski definition) is 2. The van der Waals surface area contributed by atoms with Crippen molar-refractivity contribution >= 4 is 53.1 Å². The molecule has 3 rings (SSSR count). The van der Waals surface area contributed by atoms with Gasteiger partial charge in [0.1, 0.15) is 11.0 Å². The number of guanidine groups is 1. The van der Waals surface area contributed by atoms with Gasteiger partial charge in [0.2, 0.25) is 0 Å². The SMILES string of the molecule is CN=C(NCc1nccn1CCc1ccccc1)NCc1cc(Cl)c(Cl)n1C.I. The zero-order valence-electron chi connectivity index (χ0n) is 16.4. The molecule has 0 saturated carbocycles. The third-order valence-corrected chi connectivity index (χ3v) is 5.42. The molecule has 0 fully saturated rings. The van der Waals surface area contributed by atoms with Crippen molar-refractivity contribution < 1.29 is 0 Å². The van der Waals surface area contributed by atoms with Gasteiger partial charge in [0, 0.05) is 38.7 Å². The van der Waals surface area contributed by atoms with Gasteiger partial charge < -0.3 is 19.8 Å². The molecule has 3 aromatic rings. The summed E-state index contributed by atoms with van der Waals surface area (Å²) in [6, 6.07) is 12.3. The fourth-order valence-electron chi connectivity index (χ4n) is 2.92. The number of nitrogens with one attached hydrogen (secondary N) is 2. The molecular weight excluding hydrogens is 522 g/mol. The van der Waals surface area contributed by atoms with Crippen LogP contribution in [0.3, 0.4) is 0 Å². The van der Waals surface area contributed by atoms with Crippen molar-refractivity contribution in [1.29, 1.82) is 0 Å². The van der Waals surface area contributed by atoms with Crippen molar-refractivity contribution in [3.63, 3.8) is 0 Å². The highest BCUT2D eigenvalue weighted by molar-refractivity contribution is 14.0. The van der Waals surface area contributed by atoms with Crippen molar-refractivity contribution in [2.45, 2.75) is 26.1 Å². The largest absolute Gasteiger partial charge is 0.351 e. The van der Waals surface area contributed by atoms with Crippen molar-refractivity contribution in [2.24, 2.45) is 12.0 Å². The lowest BCUT2D eigenvalue weighted by Gasteiger charge is -2.13. The van der Waals surface area contributed by atoms with Crippen LogP contribution in [0.15, 0.2) is 53.8 Å². The van der Waals surface area contributed by atoms with Crippen molar-refractivity contribution in [1.82, 2.24) is 24.8 Å². The van der Waals surface area contributed by atoms with E-state index in [0.29, 0.717) is 29.2 Å². The molecule has 0 atom stereocenters. The van der Waals surface area contributed by atoms with Gasteiger partial charge in [0.15, 0.2) is 5.96 Å². The van der Waals surface area contributed by atoms with Crippen molar-refractivity contribution in [2.75, 3.05) is 7.05 Å². The molecule has 156 valence electrons. The van der Waals surface area contributed by atoms with Gasteiger partial charge in [-0.15, -0.1) is 24.0 Å². The second kappa shape index (κ2) is 11.5. The molecule has 1 aromatic carbocycles. The maximum atomic E-state index is 6.11. The molecule has 2 heterocycles. The summed E-state index contributed by atoms with van der Waals surface area (Å²) in [6.07, 6.45) is 4.79. The highest BCUT2D eigenvalue weighted by Gasteiger charge is 2.10. The number of rotatable bonds is 7. The van der Waals surface area contributed by atoms with Gasteiger partial charge in [0.05, 0.1) is 18.1 Å². The van der Waals surface area contributed by atoms with Crippen LogP contribution in [0, 0.1) is 0 Å². The fraction of sp³-hybridized carbons (Fsp3) is 0.300. The molecule has 6 nitrogen and oxygen atoms in total. The molecule has 0 radical (unpaired) electrons. The van der Waals surface area contributed by atoms with E-state index >= 15 is 0 Å². The van der Waals surface area contributed by atoms with Crippen LogP contribution in [0.4, 0.5) is 0 Å². The lowest BCUT2D eigenvalue weighted by molar-refractivity contribution is 0.633. The molecular formula is C20H25Cl2IN6. The molecule has 0 bridgehead atoms. The molecule has 0 spiro atoms. The number of imidazole rings is 1. The highest BCUT2D eigenvalue weighted by Crippen LogP contribution is 2.24. The monoisotopic (exact) mass is 546 g/mol. The third-order valence-electron chi connectivity index (χ3n) is 4.58. The van der Waals surface area contributed by atoms with E-state index in [1.54, 1.807) is 7.05 Å². The van der Waals surface area contributed by atoms with Crippen molar-refractivity contribution in [3.8, 4) is 0 Å². The minimum absolute atomic E-state index is 0. The Hall–Kier alpha value is -1.71. The summed E-state index contributed by atoms with van der Waals surface area (Å²) in [5.74, 6) is 1.65. The van der Waals surface area contributed by atoms with E-state index in [9.17, 15) is 0 Å². The van der Waals surface area contributed by atoms with E-state index in [4.69, 9.17) is 23.2 Å². The van der Waals surface area contributed by atoms with E-state index in [-0.39, 0.29) is 24.0 Å². The molecule has 2 N–H and O–H groups in total. The first kappa shape index (κ1) is 23.6. The summed E-state index contributed by atoms with van der Waals surface area (Å²) in [6.45, 7) is 2.02. The number of aliphatic imine (C=N–C) groups is 1. The van der Waals surface area contributed by atoms with Gasteiger partial charge in [-0.3, -0.25) is 4.99 Å². The minimum Gasteiger partial charge on any atom is -0.351 e. The number of hydrogen-bond acceptors (Lipinski definition) is 2.